The maximum absolute atomic E-state index is 12.4. The Morgan fingerprint density at radius 1 is 1.24 bits per heavy atom. The summed E-state index contributed by atoms with van der Waals surface area (Å²) in [6.07, 6.45) is 1.91. The van der Waals surface area contributed by atoms with Gasteiger partial charge in [-0.15, -0.1) is 0 Å². The molecule has 8 nitrogen and oxygen atoms in total. The summed E-state index contributed by atoms with van der Waals surface area (Å²) in [6.45, 7) is 6.61. The Hall–Kier alpha value is -2.61. The van der Waals surface area contributed by atoms with Crippen molar-refractivity contribution in [2.75, 3.05) is 25.5 Å². The van der Waals surface area contributed by atoms with Gasteiger partial charge >= 0.3 is 12.1 Å². The molecule has 0 bridgehead atoms. The summed E-state index contributed by atoms with van der Waals surface area (Å²) >= 11 is 0. The zero-order valence-electron chi connectivity index (χ0n) is 17.6. The first-order chi connectivity index (χ1) is 13.6. The SMILES string of the molecule is COC(=O)N1CCCC(C[C@H](N)C(=O)Nc2ccc(C(=O)OC(C)(C)C)cc2)C1. The Bertz CT molecular complexity index is 727. The summed E-state index contributed by atoms with van der Waals surface area (Å²) in [5, 5.41) is 2.77. The minimum absolute atomic E-state index is 0.151. The first-order valence-corrected chi connectivity index (χ1v) is 9.82. The van der Waals surface area contributed by atoms with Crippen molar-refractivity contribution in [2.45, 2.75) is 51.7 Å². The number of rotatable bonds is 5. The van der Waals surface area contributed by atoms with E-state index in [4.69, 9.17) is 15.2 Å². The highest BCUT2D eigenvalue weighted by Crippen LogP contribution is 2.22. The van der Waals surface area contributed by atoms with E-state index in [2.05, 4.69) is 5.32 Å². The van der Waals surface area contributed by atoms with Gasteiger partial charge in [-0.3, -0.25) is 4.79 Å². The summed E-state index contributed by atoms with van der Waals surface area (Å²) in [4.78, 5) is 37.8. The van der Waals surface area contributed by atoms with Gasteiger partial charge in [0.1, 0.15) is 5.60 Å². The van der Waals surface area contributed by atoms with Crippen LogP contribution in [0.2, 0.25) is 0 Å². The fourth-order valence-corrected chi connectivity index (χ4v) is 3.28. The molecule has 0 aliphatic carbocycles. The van der Waals surface area contributed by atoms with E-state index in [-0.39, 0.29) is 17.9 Å². The standard InChI is InChI=1S/C21H31N3O5/c1-21(2,3)29-19(26)15-7-9-16(10-8-15)23-18(25)17(22)12-14-6-5-11-24(13-14)20(27)28-4/h7-10,14,17H,5-6,11-13,22H2,1-4H3,(H,23,25)/t14?,17-/m0/s1. The summed E-state index contributed by atoms with van der Waals surface area (Å²) in [5.74, 6) is -0.567. The van der Waals surface area contributed by atoms with Gasteiger partial charge in [0.25, 0.3) is 0 Å². The second kappa shape index (κ2) is 9.73. The summed E-state index contributed by atoms with van der Waals surface area (Å²) in [6, 6.07) is 5.80. The molecule has 0 spiro atoms. The number of amides is 2. The lowest BCUT2D eigenvalue weighted by atomic mass is 9.91. The van der Waals surface area contributed by atoms with Crippen LogP contribution in [-0.4, -0.2) is 54.7 Å². The number of anilines is 1. The number of hydrogen-bond donors (Lipinski definition) is 2. The number of benzene rings is 1. The van der Waals surface area contributed by atoms with Gasteiger partial charge in [0.15, 0.2) is 0 Å². The molecule has 8 heteroatoms. The molecule has 1 aromatic rings. The maximum Gasteiger partial charge on any atom is 0.409 e. The van der Waals surface area contributed by atoms with Gasteiger partial charge in [0, 0.05) is 18.8 Å². The van der Waals surface area contributed by atoms with E-state index in [0.29, 0.717) is 30.8 Å². The van der Waals surface area contributed by atoms with Crippen LogP contribution in [0.15, 0.2) is 24.3 Å². The van der Waals surface area contributed by atoms with Crippen LogP contribution in [0.1, 0.15) is 50.4 Å². The van der Waals surface area contributed by atoms with Crippen molar-refractivity contribution in [3.63, 3.8) is 0 Å². The lowest BCUT2D eigenvalue weighted by Crippen LogP contribution is -2.44. The highest BCUT2D eigenvalue weighted by molar-refractivity contribution is 5.95. The number of carbonyl (C=O) groups excluding carboxylic acids is 3. The van der Waals surface area contributed by atoms with Gasteiger partial charge < -0.3 is 25.4 Å². The number of nitrogens with zero attached hydrogens (tertiary/aromatic N) is 1. The molecule has 160 valence electrons. The average Bonchev–Trinajstić information content (AvgIpc) is 2.66. The van der Waals surface area contributed by atoms with Gasteiger partial charge in [-0.05, 0) is 70.2 Å². The highest BCUT2D eigenvalue weighted by Gasteiger charge is 2.27. The van der Waals surface area contributed by atoms with Crippen molar-refractivity contribution in [3.8, 4) is 0 Å². The second-order valence-electron chi connectivity index (χ2n) is 8.33. The van der Waals surface area contributed by atoms with Crippen LogP contribution < -0.4 is 11.1 Å². The number of methoxy groups -OCH3 is 1. The lowest BCUT2D eigenvalue weighted by molar-refractivity contribution is -0.117. The summed E-state index contributed by atoms with van der Waals surface area (Å²) in [5.41, 5.74) is 6.47. The van der Waals surface area contributed by atoms with Crippen LogP contribution in [-0.2, 0) is 14.3 Å². The predicted molar refractivity (Wildman–Crippen MR) is 110 cm³/mol. The van der Waals surface area contributed by atoms with E-state index in [0.717, 1.165) is 12.8 Å². The van der Waals surface area contributed by atoms with E-state index in [1.807, 2.05) is 0 Å². The fourth-order valence-electron chi connectivity index (χ4n) is 3.28. The van der Waals surface area contributed by atoms with Crippen molar-refractivity contribution in [1.29, 1.82) is 0 Å². The zero-order valence-corrected chi connectivity index (χ0v) is 17.6. The molecule has 0 radical (unpaired) electrons. The van der Waals surface area contributed by atoms with E-state index in [1.54, 1.807) is 49.9 Å². The fraction of sp³-hybridized carbons (Fsp3) is 0.571. The number of hydrogen-bond acceptors (Lipinski definition) is 6. The van der Waals surface area contributed by atoms with Crippen LogP contribution in [0.3, 0.4) is 0 Å². The number of piperidine rings is 1. The van der Waals surface area contributed by atoms with E-state index >= 15 is 0 Å². The third kappa shape index (κ3) is 7.05. The quantitative estimate of drug-likeness (QED) is 0.729. The molecular formula is C21H31N3O5. The number of nitrogens with two attached hydrogens (primary N) is 1. The van der Waals surface area contributed by atoms with Gasteiger partial charge in [-0.2, -0.15) is 0 Å². The number of likely N-dealkylation sites (tertiary alicyclic amines) is 1. The van der Waals surface area contributed by atoms with Crippen molar-refractivity contribution in [3.05, 3.63) is 29.8 Å². The Morgan fingerprint density at radius 3 is 2.48 bits per heavy atom. The molecule has 1 aromatic carbocycles. The van der Waals surface area contributed by atoms with Crippen LogP contribution in [0, 0.1) is 5.92 Å². The average molecular weight is 405 g/mol. The molecule has 1 aliphatic rings. The molecule has 1 heterocycles. The van der Waals surface area contributed by atoms with Crippen LogP contribution in [0.25, 0.3) is 0 Å². The third-order valence-electron chi connectivity index (χ3n) is 4.66. The Morgan fingerprint density at radius 2 is 1.90 bits per heavy atom. The van der Waals surface area contributed by atoms with Crippen LogP contribution in [0.5, 0.6) is 0 Å². The molecule has 1 saturated heterocycles. The smallest absolute Gasteiger partial charge is 0.409 e. The van der Waals surface area contributed by atoms with E-state index in [1.165, 1.54) is 7.11 Å². The van der Waals surface area contributed by atoms with Gasteiger partial charge in [0.2, 0.25) is 5.91 Å². The molecule has 1 aliphatic heterocycles. The van der Waals surface area contributed by atoms with Gasteiger partial charge in [-0.1, -0.05) is 0 Å². The van der Waals surface area contributed by atoms with Crippen molar-refractivity contribution in [2.24, 2.45) is 11.7 Å². The molecule has 29 heavy (non-hydrogen) atoms. The molecule has 2 atom stereocenters. The van der Waals surface area contributed by atoms with Crippen molar-refractivity contribution >= 4 is 23.7 Å². The molecule has 1 unspecified atom stereocenters. The molecular weight excluding hydrogens is 374 g/mol. The van der Waals surface area contributed by atoms with E-state index < -0.39 is 17.6 Å². The van der Waals surface area contributed by atoms with Crippen molar-refractivity contribution < 1.29 is 23.9 Å². The predicted octanol–water partition coefficient (Wildman–Crippen LogP) is 2.78. The molecule has 3 N–H and O–H groups in total. The monoisotopic (exact) mass is 405 g/mol. The van der Waals surface area contributed by atoms with Gasteiger partial charge in [-0.25, -0.2) is 9.59 Å². The van der Waals surface area contributed by atoms with E-state index in [9.17, 15) is 14.4 Å². The summed E-state index contributed by atoms with van der Waals surface area (Å²) in [7, 11) is 1.36. The topological polar surface area (TPSA) is 111 Å². The van der Waals surface area contributed by atoms with Crippen LogP contribution in [0.4, 0.5) is 10.5 Å². The molecule has 1 fully saturated rings. The second-order valence-corrected chi connectivity index (χ2v) is 8.33. The number of ether oxygens (including phenoxy) is 2. The molecule has 2 amide bonds. The minimum atomic E-state index is -0.692. The third-order valence-corrected chi connectivity index (χ3v) is 4.66. The Kier molecular flexibility index (Phi) is 7.61. The highest BCUT2D eigenvalue weighted by atomic mass is 16.6. The summed E-state index contributed by atoms with van der Waals surface area (Å²) < 4.78 is 10.1. The van der Waals surface area contributed by atoms with Crippen molar-refractivity contribution in [1.82, 2.24) is 4.90 Å². The van der Waals surface area contributed by atoms with Crippen LogP contribution >= 0.6 is 0 Å². The Labute approximate surface area is 171 Å². The normalized spacial score (nSPS) is 18.0. The zero-order chi connectivity index (χ0) is 21.6. The number of carbonyl (C=O) groups is 3. The first kappa shape index (κ1) is 22.7. The molecule has 0 saturated carbocycles. The molecule has 0 aromatic heterocycles. The minimum Gasteiger partial charge on any atom is -0.456 e. The number of esters is 1. The maximum atomic E-state index is 12.4. The van der Waals surface area contributed by atoms with Gasteiger partial charge in [0.05, 0.1) is 18.7 Å². The molecule has 2 rings (SSSR count). The first-order valence-electron chi connectivity index (χ1n) is 9.82. The Balaban J connectivity index is 1.87. The number of nitrogens with one attached hydrogen (secondary N) is 1. The largest absolute Gasteiger partial charge is 0.456 e. The lowest BCUT2D eigenvalue weighted by Gasteiger charge is -2.32.